The van der Waals surface area contributed by atoms with Crippen LogP contribution in [0.2, 0.25) is 0 Å². The zero-order chi connectivity index (χ0) is 14.4. The Balaban J connectivity index is 2.80. The van der Waals surface area contributed by atoms with E-state index in [4.69, 9.17) is 10.5 Å². The molecular formula is C13H20BrN3O2. The molecule has 1 rings (SSSR count). The second-order valence-electron chi connectivity index (χ2n) is 4.40. The first-order valence-electron chi connectivity index (χ1n) is 5.97. The van der Waals surface area contributed by atoms with Crippen LogP contribution in [-0.2, 0) is 9.53 Å². The molecule has 0 saturated carbocycles. The molecule has 6 heteroatoms. The molecule has 0 saturated heterocycles. The molecule has 0 bridgehead atoms. The molecule has 106 valence electrons. The number of hydrogen-bond donors (Lipinski definition) is 2. The van der Waals surface area contributed by atoms with Crippen molar-refractivity contribution in [1.29, 1.82) is 0 Å². The van der Waals surface area contributed by atoms with Crippen molar-refractivity contribution in [2.24, 2.45) is 5.73 Å². The standard InChI is InChI=1S/C13H20BrN3O2/c1-17(2)12-5-4-9(14)6-11(12)16-13(18)7-10(8-15)19-3/h4-6,10H,7-8,15H2,1-3H3,(H,16,18). The van der Waals surface area contributed by atoms with Crippen LogP contribution in [-0.4, -0.2) is 39.8 Å². The SMILES string of the molecule is COC(CN)CC(=O)Nc1cc(Br)ccc1N(C)C. The highest BCUT2D eigenvalue weighted by atomic mass is 79.9. The number of amides is 1. The molecule has 1 amide bonds. The fourth-order valence-corrected chi connectivity index (χ4v) is 2.03. The van der Waals surface area contributed by atoms with E-state index in [1.165, 1.54) is 0 Å². The lowest BCUT2D eigenvalue weighted by atomic mass is 10.2. The molecule has 0 aliphatic heterocycles. The fourth-order valence-electron chi connectivity index (χ4n) is 1.67. The van der Waals surface area contributed by atoms with Crippen molar-refractivity contribution in [2.45, 2.75) is 12.5 Å². The van der Waals surface area contributed by atoms with E-state index in [9.17, 15) is 4.79 Å². The van der Waals surface area contributed by atoms with Crippen LogP contribution in [0.25, 0.3) is 0 Å². The normalized spacial score (nSPS) is 12.1. The molecule has 0 fully saturated rings. The minimum Gasteiger partial charge on any atom is -0.380 e. The summed E-state index contributed by atoms with van der Waals surface area (Å²) in [4.78, 5) is 13.9. The Hall–Kier alpha value is -1.11. The third kappa shape index (κ3) is 4.81. The number of carbonyl (C=O) groups is 1. The summed E-state index contributed by atoms with van der Waals surface area (Å²) in [7, 11) is 5.41. The molecule has 0 radical (unpaired) electrons. The summed E-state index contributed by atoms with van der Waals surface area (Å²) in [6.45, 7) is 0.322. The topological polar surface area (TPSA) is 67.6 Å². The summed E-state index contributed by atoms with van der Waals surface area (Å²) in [5, 5.41) is 2.89. The van der Waals surface area contributed by atoms with Crippen molar-refractivity contribution in [3.8, 4) is 0 Å². The number of anilines is 2. The molecule has 1 atom stereocenters. The maximum atomic E-state index is 11.9. The zero-order valence-corrected chi connectivity index (χ0v) is 13.0. The molecule has 0 aliphatic rings. The van der Waals surface area contributed by atoms with E-state index >= 15 is 0 Å². The van der Waals surface area contributed by atoms with Crippen molar-refractivity contribution in [2.75, 3.05) is 38.0 Å². The van der Waals surface area contributed by atoms with Gasteiger partial charge in [0, 0.05) is 32.2 Å². The largest absolute Gasteiger partial charge is 0.380 e. The Morgan fingerprint density at radius 3 is 2.74 bits per heavy atom. The van der Waals surface area contributed by atoms with E-state index in [2.05, 4.69) is 21.2 Å². The molecule has 1 unspecified atom stereocenters. The molecule has 1 aromatic rings. The number of benzene rings is 1. The van der Waals surface area contributed by atoms with Gasteiger partial charge in [-0.15, -0.1) is 0 Å². The minimum absolute atomic E-state index is 0.112. The summed E-state index contributed by atoms with van der Waals surface area (Å²) in [6.07, 6.45) is -0.0122. The number of methoxy groups -OCH3 is 1. The number of nitrogens with zero attached hydrogens (tertiary/aromatic N) is 1. The average molecular weight is 330 g/mol. The maximum absolute atomic E-state index is 11.9. The van der Waals surface area contributed by atoms with Crippen LogP contribution >= 0.6 is 15.9 Å². The monoisotopic (exact) mass is 329 g/mol. The van der Waals surface area contributed by atoms with Gasteiger partial charge < -0.3 is 20.7 Å². The summed E-state index contributed by atoms with van der Waals surface area (Å²) >= 11 is 3.40. The first-order chi connectivity index (χ1) is 8.97. The summed E-state index contributed by atoms with van der Waals surface area (Å²) in [5.74, 6) is -0.112. The van der Waals surface area contributed by atoms with Gasteiger partial charge in [0.25, 0.3) is 0 Å². The predicted molar refractivity (Wildman–Crippen MR) is 81.6 cm³/mol. The Kier molecular flexibility index (Phi) is 6.27. The van der Waals surface area contributed by atoms with E-state index < -0.39 is 0 Å². The van der Waals surface area contributed by atoms with Gasteiger partial charge >= 0.3 is 0 Å². The number of carbonyl (C=O) groups excluding carboxylic acids is 1. The third-order valence-electron chi connectivity index (χ3n) is 2.72. The van der Waals surface area contributed by atoms with Gasteiger partial charge in [-0.05, 0) is 18.2 Å². The first kappa shape index (κ1) is 15.9. The molecule has 0 aliphatic carbocycles. The second-order valence-corrected chi connectivity index (χ2v) is 5.32. The van der Waals surface area contributed by atoms with Gasteiger partial charge in [0.05, 0.1) is 23.9 Å². The molecule has 5 nitrogen and oxygen atoms in total. The number of nitrogens with two attached hydrogens (primary N) is 1. The van der Waals surface area contributed by atoms with Gasteiger partial charge in [-0.2, -0.15) is 0 Å². The molecule has 3 N–H and O–H groups in total. The van der Waals surface area contributed by atoms with Crippen LogP contribution < -0.4 is 16.0 Å². The van der Waals surface area contributed by atoms with Gasteiger partial charge in [0.2, 0.25) is 5.91 Å². The molecule has 1 aromatic carbocycles. The van der Waals surface area contributed by atoms with E-state index in [0.717, 1.165) is 15.8 Å². The van der Waals surface area contributed by atoms with E-state index in [1.54, 1.807) is 7.11 Å². The predicted octanol–water partition coefficient (Wildman–Crippen LogP) is 1.82. The van der Waals surface area contributed by atoms with Crippen LogP contribution in [0.4, 0.5) is 11.4 Å². The zero-order valence-electron chi connectivity index (χ0n) is 11.4. The van der Waals surface area contributed by atoms with Crippen LogP contribution in [0, 0.1) is 0 Å². The van der Waals surface area contributed by atoms with Crippen LogP contribution in [0.3, 0.4) is 0 Å². The maximum Gasteiger partial charge on any atom is 0.227 e. The Bertz CT molecular complexity index is 434. The smallest absolute Gasteiger partial charge is 0.227 e. The van der Waals surface area contributed by atoms with Crippen molar-refractivity contribution in [3.05, 3.63) is 22.7 Å². The fraction of sp³-hybridized carbons (Fsp3) is 0.462. The van der Waals surface area contributed by atoms with Gasteiger partial charge in [-0.3, -0.25) is 4.79 Å². The minimum atomic E-state index is -0.255. The van der Waals surface area contributed by atoms with Crippen molar-refractivity contribution in [1.82, 2.24) is 0 Å². The lowest BCUT2D eigenvalue weighted by Gasteiger charge is -2.19. The number of hydrogen-bond acceptors (Lipinski definition) is 4. The van der Waals surface area contributed by atoms with Crippen molar-refractivity contribution < 1.29 is 9.53 Å². The number of nitrogens with one attached hydrogen (secondary N) is 1. The van der Waals surface area contributed by atoms with Gasteiger partial charge in [0.1, 0.15) is 0 Å². The quantitative estimate of drug-likeness (QED) is 0.835. The first-order valence-corrected chi connectivity index (χ1v) is 6.76. The number of halogens is 1. The van der Waals surface area contributed by atoms with E-state index in [1.807, 2.05) is 37.2 Å². The average Bonchev–Trinajstić information content (AvgIpc) is 2.35. The number of rotatable bonds is 6. The molecule has 0 spiro atoms. The summed E-state index contributed by atoms with van der Waals surface area (Å²) in [6, 6.07) is 5.75. The molecule has 0 aromatic heterocycles. The summed E-state index contributed by atoms with van der Waals surface area (Å²) < 4.78 is 6.02. The van der Waals surface area contributed by atoms with Gasteiger partial charge in [-0.1, -0.05) is 15.9 Å². The Labute approximate surface area is 122 Å². The lowest BCUT2D eigenvalue weighted by molar-refractivity contribution is -0.118. The van der Waals surface area contributed by atoms with Gasteiger partial charge in [0.15, 0.2) is 0 Å². The Morgan fingerprint density at radius 2 is 2.21 bits per heavy atom. The van der Waals surface area contributed by atoms with E-state index in [0.29, 0.717) is 6.54 Å². The highest BCUT2D eigenvalue weighted by Crippen LogP contribution is 2.28. The van der Waals surface area contributed by atoms with Crippen molar-refractivity contribution in [3.63, 3.8) is 0 Å². The molecular weight excluding hydrogens is 310 g/mol. The van der Waals surface area contributed by atoms with Crippen LogP contribution in [0.1, 0.15) is 6.42 Å². The Morgan fingerprint density at radius 1 is 1.53 bits per heavy atom. The van der Waals surface area contributed by atoms with Crippen molar-refractivity contribution >= 4 is 33.2 Å². The second kappa shape index (κ2) is 7.47. The lowest BCUT2D eigenvalue weighted by Crippen LogP contribution is -2.28. The highest BCUT2D eigenvalue weighted by Gasteiger charge is 2.14. The molecule has 19 heavy (non-hydrogen) atoms. The molecule has 0 heterocycles. The number of ether oxygens (including phenoxy) is 1. The van der Waals surface area contributed by atoms with Gasteiger partial charge in [-0.25, -0.2) is 0 Å². The van der Waals surface area contributed by atoms with Crippen LogP contribution in [0.15, 0.2) is 22.7 Å². The summed E-state index contributed by atoms with van der Waals surface area (Å²) in [5.41, 5.74) is 7.21. The highest BCUT2D eigenvalue weighted by molar-refractivity contribution is 9.10. The van der Waals surface area contributed by atoms with Crippen LogP contribution in [0.5, 0.6) is 0 Å². The third-order valence-corrected chi connectivity index (χ3v) is 3.22. The van der Waals surface area contributed by atoms with E-state index in [-0.39, 0.29) is 18.4 Å².